The van der Waals surface area contributed by atoms with Crippen LogP contribution in [0.2, 0.25) is 0 Å². The Morgan fingerprint density at radius 3 is 2.39 bits per heavy atom. The van der Waals surface area contributed by atoms with Crippen molar-refractivity contribution in [1.82, 2.24) is 0 Å². The number of hydrogen-bond donors (Lipinski definition) is 2. The number of benzene rings is 2. The molecule has 118 valence electrons. The van der Waals surface area contributed by atoms with Crippen LogP contribution < -0.4 is 4.74 Å². The van der Waals surface area contributed by atoms with E-state index in [0.29, 0.717) is 22.4 Å². The molecule has 0 amide bonds. The second-order valence-corrected chi connectivity index (χ2v) is 6.17. The lowest BCUT2D eigenvalue weighted by molar-refractivity contribution is 0.103. The molecule has 2 aromatic carbocycles. The fourth-order valence-electron chi connectivity index (χ4n) is 2.67. The summed E-state index contributed by atoms with van der Waals surface area (Å²) in [6.45, 7) is 5.43. The molecule has 0 bridgehead atoms. The van der Waals surface area contributed by atoms with Crippen LogP contribution in [0.1, 0.15) is 40.9 Å². The lowest BCUT2D eigenvalue weighted by Crippen LogP contribution is -2.28. The predicted octanol–water partition coefficient (Wildman–Crippen LogP) is 3.82. The Morgan fingerprint density at radius 2 is 1.74 bits per heavy atom. The topological polar surface area (TPSA) is 66.8 Å². The van der Waals surface area contributed by atoms with Crippen LogP contribution in [0.25, 0.3) is 6.08 Å². The second kappa shape index (κ2) is 5.16. The van der Waals surface area contributed by atoms with Gasteiger partial charge in [-0.1, -0.05) is 30.3 Å². The number of rotatable bonds is 2. The van der Waals surface area contributed by atoms with Crippen molar-refractivity contribution >= 4 is 11.9 Å². The van der Waals surface area contributed by atoms with Crippen molar-refractivity contribution in [2.24, 2.45) is 0 Å². The summed E-state index contributed by atoms with van der Waals surface area (Å²) in [6, 6.07) is 8.56. The van der Waals surface area contributed by atoms with Crippen LogP contribution in [-0.4, -0.2) is 21.6 Å². The van der Waals surface area contributed by atoms with Crippen LogP contribution in [0.5, 0.6) is 17.2 Å². The zero-order valence-corrected chi connectivity index (χ0v) is 13.3. The van der Waals surface area contributed by atoms with Crippen molar-refractivity contribution in [3.63, 3.8) is 0 Å². The van der Waals surface area contributed by atoms with Crippen molar-refractivity contribution in [3.8, 4) is 17.2 Å². The molecule has 4 heteroatoms. The predicted molar refractivity (Wildman–Crippen MR) is 88.1 cm³/mol. The summed E-state index contributed by atoms with van der Waals surface area (Å²) in [5, 5.41) is 21.0. The summed E-state index contributed by atoms with van der Waals surface area (Å²) in [5.41, 5.74) is 0.619. The number of fused-ring (bicyclic) bond motifs is 1. The third kappa shape index (κ3) is 2.46. The summed E-state index contributed by atoms with van der Waals surface area (Å²) in [7, 11) is 0. The third-order valence-electron chi connectivity index (χ3n) is 3.95. The Hall–Kier alpha value is -2.75. The first-order chi connectivity index (χ1) is 10.8. The zero-order chi connectivity index (χ0) is 16.8. The van der Waals surface area contributed by atoms with Crippen LogP contribution in [0.3, 0.4) is 0 Å². The molecule has 2 N–H and O–H groups in total. The Morgan fingerprint density at radius 1 is 1.09 bits per heavy atom. The van der Waals surface area contributed by atoms with Gasteiger partial charge in [0.05, 0.1) is 5.56 Å². The van der Waals surface area contributed by atoms with Gasteiger partial charge in [-0.15, -0.1) is 0 Å². The summed E-state index contributed by atoms with van der Waals surface area (Å²) in [4.78, 5) is 12.7. The van der Waals surface area contributed by atoms with Crippen LogP contribution in [0, 0.1) is 6.92 Å². The maximum absolute atomic E-state index is 12.7. The largest absolute Gasteiger partial charge is 0.507 e. The number of hydrogen-bond acceptors (Lipinski definition) is 4. The Labute approximate surface area is 134 Å². The zero-order valence-electron chi connectivity index (χ0n) is 13.3. The van der Waals surface area contributed by atoms with Gasteiger partial charge in [0.25, 0.3) is 0 Å². The van der Waals surface area contributed by atoms with Gasteiger partial charge in [-0.05, 0) is 32.9 Å². The molecule has 0 fully saturated rings. The number of carbonyl (C=O) groups is 1. The van der Waals surface area contributed by atoms with Gasteiger partial charge >= 0.3 is 0 Å². The minimum atomic E-state index is -0.540. The number of phenolic OH excluding ortho intramolecular Hbond substituents is 2. The fourth-order valence-corrected chi connectivity index (χ4v) is 2.67. The van der Waals surface area contributed by atoms with Gasteiger partial charge in [0.15, 0.2) is 0 Å². The SMILES string of the molecule is Cc1c(O)c(C(=O)c2ccccc2)c(O)c2c1OC(C)(C)C=C2. The van der Waals surface area contributed by atoms with Gasteiger partial charge < -0.3 is 14.9 Å². The molecular formula is C19H18O4. The molecule has 0 saturated carbocycles. The van der Waals surface area contributed by atoms with Crippen molar-refractivity contribution in [2.45, 2.75) is 26.4 Å². The van der Waals surface area contributed by atoms with E-state index in [1.165, 1.54) is 0 Å². The van der Waals surface area contributed by atoms with Gasteiger partial charge in [0.2, 0.25) is 5.78 Å². The number of aromatic hydroxyl groups is 2. The molecule has 0 aromatic heterocycles. The molecule has 0 aliphatic carbocycles. The van der Waals surface area contributed by atoms with Crippen LogP contribution in [0.15, 0.2) is 36.4 Å². The highest BCUT2D eigenvalue weighted by atomic mass is 16.5. The maximum Gasteiger partial charge on any atom is 0.200 e. The minimum absolute atomic E-state index is 0.0968. The minimum Gasteiger partial charge on any atom is -0.507 e. The molecule has 0 saturated heterocycles. The molecule has 1 heterocycles. The average molecular weight is 310 g/mol. The Kier molecular flexibility index (Phi) is 3.40. The van der Waals surface area contributed by atoms with Gasteiger partial charge in [-0.3, -0.25) is 4.79 Å². The van der Waals surface area contributed by atoms with Crippen molar-refractivity contribution in [2.75, 3.05) is 0 Å². The van der Waals surface area contributed by atoms with E-state index in [4.69, 9.17) is 4.74 Å². The van der Waals surface area contributed by atoms with Crippen LogP contribution in [-0.2, 0) is 0 Å². The van der Waals surface area contributed by atoms with Crippen molar-refractivity contribution in [1.29, 1.82) is 0 Å². The van der Waals surface area contributed by atoms with E-state index in [1.807, 2.05) is 19.9 Å². The molecule has 0 unspecified atom stereocenters. The highest BCUT2D eigenvalue weighted by molar-refractivity contribution is 6.13. The highest BCUT2D eigenvalue weighted by Crippen LogP contribution is 2.46. The van der Waals surface area contributed by atoms with E-state index in [9.17, 15) is 15.0 Å². The van der Waals surface area contributed by atoms with E-state index in [0.717, 1.165) is 0 Å². The number of ether oxygens (including phenoxy) is 1. The maximum atomic E-state index is 12.7. The summed E-state index contributed by atoms with van der Waals surface area (Å²) < 4.78 is 5.83. The first-order valence-electron chi connectivity index (χ1n) is 7.38. The molecule has 0 radical (unpaired) electrons. The van der Waals surface area contributed by atoms with Crippen LogP contribution in [0.4, 0.5) is 0 Å². The Balaban J connectivity index is 2.21. The molecule has 1 aliphatic rings. The summed E-state index contributed by atoms with van der Waals surface area (Å²) >= 11 is 0. The first kappa shape index (κ1) is 15.2. The van der Waals surface area contributed by atoms with Crippen molar-refractivity contribution < 1.29 is 19.7 Å². The lowest BCUT2D eigenvalue weighted by Gasteiger charge is -2.30. The molecule has 1 aliphatic heterocycles. The molecule has 0 atom stereocenters. The van der Waals surface area contributed by atoms with Crippen LogP contribution >= 0.6 is 0 Å². The highest BCUT2D eigenvalue weighted by Gasteiger charge is 2.31. The molecule has 23 heavy (non-hydrogen) atoms. The summed E-state index contributed by atoms with van der Waals surface area (Å²) in [5.74, 6) is -0.535. The smallest absolute Gasteiger partial charge is 0.200 e. The molecule has 4 nitrogen and oxygen atoms in total. The first-order valence-corrected chi connectivity index (χ1v) is 7.38. The van der Waals surface area contributed by atoms with Gasteiger partial charge in [-0.2, -0.15) is 0 Å². The van der Waals surface area contributed by atoms with E-state index >= 15 is 0 Å². The molecule has 0 spiro atoms. The standard InChI is InChI=1S/C19H18O4/c1-11-15(20)14(16(21)12-7-5-4-6-8-12)17(22)13-9-10-19(2,3)23-18(11)13/h4-10,20,22H,1-3H3. The third-order valence-corrected chi connectivity index (χ3v) is 3.95. The van der Waals surface area contributed by atoms with E-state index < -0.39 is 11.4 Å². The monoisotopic (exact) mass is 310 g/mol. The number of ketones is 1. The number of phenols is 2. The molecular weight excluding hydrogens is 292 g/mol. The fraction of sp³-hybridized carbons (Fsp3) is 0.211. The van der Waals surface area contributed by atoms with Gasteiger partial charge in [0, 0.05) is 11.1 Å². The number of carbonyl (C=O) groups excluding carboxylic acids is 1. The Bertz CT molecular complexity index is 817. The van der Waals surface area contributed by atoms with E-state index in [2.05, 4.69) is 0 Å². The lowest BCUT2D eigenvalue weighted by atomic mass is 9.92. The normalized spacial score (nSPS) is 14.9. The summed E-state index contributed by atoms with van der Waals surface area (Å²) in [6.07, 6.45) is 3.53. The molecule has 2 aromatic rings. The quantitative estimate of drug-likeness (QED) is 0.828. The van der Waals surface area contributed by atoms with E-state index in [1.54, 1.807) is 43.3 Å². The second-order valence-electron chi connectivity index (χ2n) is 6.17. The van der Waals surface area contributed by atoms with Gasteiger partial charge in [-0.25, -0.2) is 0 Å². The van der Waals surface area contributed by atoms with Gasteiger partial charge in [0.1, 0.15) is 28.4 Å². The average Bonchev–Trinajstić information content (AvgIpc) is 2.52. The molecule has 3 rings (SSSR count). The van der Waals surface area contributed by atoms with Crippen molar-refractivity contribution in [3.05, 3.63) is 58.7 Å². The van der Waals surface area contributed by atoms with E-state index in [-0.39, 0.29) is 17.1 Å².